The summed E-state index contributed by atoms with van der Waals surface area (Å²) < 4.78 is 2.75. The molecule has 0 radical (unpaired) electrons. The van der Waals surface area contributed by atoms with Crippen LogP contribution in [0.1, 0.15) is 36.4 Å². The van der Waals surface area contributed by atoms with Gasteiger partial charge < -0.3 is 10.1 Å². The van der Waals surface area contributed by atoms with Crippen LogP contribution in [0.15, 0.2) is 40.9 Å². The molecular weight excluding hydrogens is 480 g/mol. The van der Waals surface area contributed by atoms with Crippen LogP contribution in [0.5, 0.6) is 0 Å². The number of aryl methyl sites for hydroxylation is 1. The Morgan fingerprint density at radius 1 is 1.19 bits per heavy atom. The number of rotatable bonds is 7. The Labute approximate surface area is 193 Å². The highest BCUT2D eigenvalue weighted by Gasteiger charge is 2.18. The Kier molecular flexibility index (Phi) is 6.16. The molecule has 0 aliphatic carbocycles. The molecule has 0 spiro atoms. The minimum atomic E-state index is -0.826. The number of hydrogen-bond acceptors (Lipinski definition) is 3. The van der Waals surface area contributed by atoms with Crippen molar-refractivity contribution in [1.29, 1.82) is 0 Å². The fourth-order valence-corrected chi connectivity index (χ4v) is 4.33. The molecule has 160 valence electrons. The highest BCUT2D eigenvalue weighted by Crippen LogP contribution is 2.29. The maximum Gasteiger partial charge on any atom is 0.307 e. The first-order valence-corrected chi connectivity index (χ1v) is 11.3. The molecule has 0 amide bonds. The molecule has 0 bridgehead atoms. The van der Waals surface area contributed by atoms with Crippen LogP contribution < -0.4 is 0 Å². The molecule has 2 heterocycles. The van der Waals surface area contributed by atoms with Crippen molar-refractivity contribution in [3.05, 3.63) is 68.4 Å². The van der Waals surface area contributed by atoms with Crippen LogP contribution in [-0.2, 0) is 30.6 Å². The number of imidazole rings is 1. The predicted molar refractivity (Wildman–Crippen MR) is 126 cm³/mol. The molecule has 0 atom stereocenters. The van der Waals surface area contributed by atoms with Gasteiger partial charge >= 0.3 is 5.97 Å². The summed E-state index contributed by atoms with van der Waals surface area (Å²) in [5, 5.41) is 14.6. The standard InChI is InChI=1S/C23H22BrClN4O2/c1-3-18-15(9-22(30)31)21(4-2)29(28-18)12-13-5-7-14(8-6-13)23-26-19-10-16(24)17(25)11-20(19)27-23/h5-8,10-11H,3-4,9,12H2,1-2H3,(H,26,27)(H,30,31). The second-order valence-electron chi connectivity index (χ2n) is 7.37. The van der Waals surface area contributed by atoms with E-state index in [1.807, 2.05) is 42.8 Å². The minimum Gasteiger partial charge on any atom is -0.481 e. The van der Waals surface area contributed by atoms with Crippen molar-refractivity contribution < 1.29 is 9.90 Å². The van der Waals surface area contributed by atoms with Gasteiger partial charge in [0.2, 0.25) is 0 Å². The van der Waals surface area contributed by atoms with Gasteiger partial charge in [-0.05, 0) is 46.5 Å². The van der Waals surface area contributed by atoms with E-state index in [4.69, 9.17) is 16.7 Å². The molecule has 2 N–H and O–H groups in total. The predicted octanol–water partition coefficient (Wildman–Crippen LogP) is 5.64. The zero-order valence-electron chi connectivity index (χ0n) is 17.2. The fourth-order valence-electron chi connectivity index (χ4n) is 3.84. The number of hydrogen-bond donors (Lipinski definition) is 2. The van der Waals surface area contributed by atoms with Gasteiger partial charge in [0.25, 0.3) is 0 Å². The lowest BCUT2D eigenvalue weighted by Gasteiger charge is -2.08. The number of carboxylic acids is 1. The topological polar surface area (TPSA) is 83.8 Å². The first kappa shape index (κ1) is 21.6. The number of carboxylic acid groups (broad SMARTS) is 1. The van der Waals surface area contributed by atoms with E-state index in [1.54, 1.807) is 0 Å². The number of aromatic nitrogens is 4. The summed E-state index contributed by atoms with van der Waals surface area (Å²) >= 11 is 9.61. The van der Waals surface area contributed by atoms with Crippen LogP contribution in [0.2, 0.25) is 5.02 Å². The van der Waals surface area contributed by atoms with Crippen LogP contribution in [0, 0.1) is 0 Å². The third-order valence-electron chi connectivity index (χ3n) is 5.33. The molecule has 0 fully saturated rings. The second-order valence-corrected chi connectivity index (χ2v) is 8.63. The largest absolute Gasteiger partial charge is 0.481 e. The molecule has 0 aliphatic heterocycles. The summed E-state index contributed by atoms with van der Waals surface area (Å²) in [6.45, 7) is 4.64. The van der Waals surface area contributed by atoms with Gasteiger partial charge in [0.15, 0.2) is 0 Å². The molecule has 4 aromatic rings. The highest BCUT2D eigenvalue weighted by atomic mass is 79.9. The Hall–Kier alpha value is -2.64. The Morgan fingerprint density at radius 3 is 2.58 bits per heavy atom. The maximum absolute atomic E-state index is 11.3. The number of halogens is 2. The summed E-state index contributed by atoms with van der Waals surface area (Å²) in [6, 6.07) is 11.9. The summed E-state index contributed by atoms with van der Waals surface area (Å²) in [6.07, 6.45) is 1.47. The van der Waals surface area contributed by atoms with Gasteiger partial charge in [0, 0.05) is 21.3 Å². The molecule has 4 rings (SSSR count). The third kappa shape index (κ3) is 4.38. The van der Waals surface area contributed by atoms with E-state index in [1.165, 1.54) is 0 Å². The second kappa shape index (κ2) is 8.85. The third-order valence-corrected chi connectivity index (χ3v) is 6.53. The van der Waals surface area contributed by atoms with Crippen LogP contribution >= 0.6 is 27.5 Å². The Balaban J connectivity index is 1.61. The van der Waals surface area contributed by atoms with Gasteiger partial charge in [0.05, 0.1) is 34.7 Å². The average Bonchev–Trinajstić information content (AvgIpc) is 3.29. The fraction of sp³-hybridized carbons (Fsp3) is 0.261. The number of fused-ring (bicyclic) bond motifs is 1. The van der Waals surface area contributed by atoms with E-state index >= 15 is 0 Å². The van der Waals surface area contributed by atoms with Crippen LogP contribution in [0.25, 0.3) is 22.4 Å². The van der Waals surface area contributed by atoms with E-state index in [-0.39, 0.29) is 6.42 Å². The molecule has 8 heteroatoms. The molecular formula is C23H22BrClN4O2. The lowest BCUT2D eigenvalue weighted by atomic mass is 10.1. The summed E-state index contributed by atoms with van der Waals surface area (Å²) in [5.41, 5.74) is 6.50. The SMILES string of the molecule is CCc1nn(Cc2ccc(-c3nc4cc(Br)c(Cl)cc4[nH]3)cc2)c(CC)c1CC(=O)O. The number of aliphatic carboxylic acids is 1. The molecule has 0 saturated heterocycles. The Bertz CT molecular complexity index is 1220. The van der Waals surface area contributed by atoms with Crippen molar-refractivity contribution in [1.82, 2.24) is 19.7 Å². The van der Waals surface area contributed by atoms with Crippen molar-refractivity contribution in [2.24, 2.45) is 0 Å². The average molecular weight is 502 g/mol. The van der Waals surface area contributed by atoms with Crippen molar-refractivity contribution in [2.75, 3.05) is 0 Å². The molecule has 0 saturated carbocycles. The number of aromatic amines is 1. The van der Waals surface area contributed by atoms with E-state index < -0.39 is 5.97 Å². The number of carbonyl (C=O) groups is 1. The number of nitrogens with zero attached hydrogens (tertiary/aromatic N) is 3. The monoisotopic (exact) mass is 500 g/mol. The molecule has 2 aromatic carbocycles. The highest BCUT2D eigenvalue weighted by molar-refractivity contribution is 9.10. The van der Waals surface area contributed by atoms with Crippen LogP contribution in [0.4, 0.5) is 0 Å². The lowest BCUT2D eigenvalue weighted by molar-refractivity contribution is -0.136. The lowest BCUT2D eigenvalue weighted by Crippen LogP contribution is -2.08. The molecule has 0 aliphatic rings. The van der Waals surface area contributed by atoms with Crippen molar-refractivity contribution >= 4 is 44.5 Å². The molecule has 6 nitrogen and oxygen atoms in total. The first-order valence-electron chi connectivity index (χ1n) is 10.1. The zero-order valence-corrected chi connectivity index (χ0v) is 19.6. The summed E-state index contributed by atoms with van der Waals surface area (Å²) in [7, 11) is 0. The van der Waals surface area contributed by atoms with E-state index in [9.17, 15) is 9.90 Å². The number of H-pyrrole nitrogens is 1. The summed E-state index contributed by atoms with van der Waals surface area (Å²) in [4.78, 5) is 19.3. The molecule has 31 heavy (non-hydrogen) atoms. The smallest absolute Gasteiger partial charge is 0.307 e. The molecule has 2 aromatic heterocycles. The van der Waals surface area contributed by atoms with E-state index in [2.05, 4.69) is 38.0 Å². The van der Waals surface area contributed by atoms with Gasteiger partial charge in [-0.15, -0.1) is 0 Å². The van der Waals surface area contributed by atoms with Gasteiger partial charge in [-0.2, -0.15) is 5.10 Å². The van der Waals surface area contributed by atoms with Gasteiger partial charge in [-0.1, -0.05) is 49.7 Å². The summed E-state index contributed by atoms with van der Waals surface area (Å²) in [5.74, 6) is -0.0477. The normalized spacial score (nSPS) is 11.4. The van der Waals surface area contributed by atoms with Gasteiger partial charge in [-0.25, -0.2) is 4.98 Å². The molecule has 0 unspecified atom stereocenters. The number of benzene rings is 2. The first-order chi connectivity index (χ1) is 14.9. The Morgan fingerprint density at radius 2 is 1.94 bits per heavy atom. The van der Waals surface area contributed by atoms with E-state index in [0.717, 1.165) is 55.8 Å². The van der Waals surface area contributed by atoms with Crippen molar-refractivity contribution in [2.45, 2.75) is 39.7 Å². The van der Waals surface area contributed by atoms with Crippen molar-refractivity contribution in [3.8, 4) is 11.4 Å². The van der Waals surface area contributed by atoms with E-state index in [0.29, 0.717) is 18.0 Å². The number of nitrogens with one attached hydrogen (secondary N) is 1. The van der Waals surface area contributed by atoms with Gasteiger partial charge in [0.1, 0.15) is 5.82 Å². The zero-order chi connectivity index (χ0) is 22.1. The minimum absolute atomic E-state index is 0.0114. The van der Waals surface area contributed by atoms with Crippen LogP contribution in [0.3, 0.4) is 0 Å². The quantitative estimate of drug-likeness (QED) is 0.343. The maximum atomic E-state index is 11.3. The van der Waals surface area contributed by atoms with Gasteiger partial charge in [-0.3, -0.25) is 9.48 Å². The van der Waals surface area contributed by atoms with Crippen molar-refractivity contribution in [3.63, 3.8) is 0 Å². The van der Waals surface area contributed by atoms with Crippen LogP contribution in [-0.4, -0.2) is 30.8 Å².